The van der Waals surface area contributed by atoms with Crippen molar-refractivity contribution in [3.05, 3.63) is 58.6 Å². The topological polar surface area (TPSA) is 21.6 Å². The van der Waals surface area contributed by atoms with Gasteiger partial charge in [-0.1, -0.05) is 35.7 Å². The fraction of sp³-hybridized carbons (Fsp3) is 0.118. The number of terminal acetylenes is 1. The summed E-state index contributed by atoms with van der Waals surface area (Å²) < 4.78 is 5.46. The average molecular weight is 284 g/mol. The van der Waals surface area contributed by atoms with Gasteiger partial charge in [-0.2, -0.15) is 0 Å². The average Bonchev–Trinajstić information content (AvgIpc) is 2.47. The molecule has 0 spiro atoms. The maximum atomic E-state index is 6.07. The molecule has 2 aromatic carbocycles. The van der Waals surface area contributed by atoms with Gasteiger partial charge in [-0.15, -0.1) is 6.42 Å². The molecule has 2 aromatic rings. The number of nitrogens with zero attached hydrogens (tertiary/aromatic N) is 1. The van der Waals surface area contributed by atoms with Crippen molar-refractivity contribution in [3.63, 3.8) is 0 Å². The Labute approximate surface area is 124 Å². The molecule has 0 fully saturated rings. The third-order valence-corrected chi connectivity index (χ3v) is 3.15. The Balaban J connectivity index is 2.22. The van der Waals surface area contributed by atoms with E-state index in [0.29, 0.717) is 10.8 Å². The molecule has 0 unspecified atom stereocenters. The van der Waals surface area contributed by atoms with E-state index in [2.05, 4.69) is 10.9 Å². The first kappa shape index (κ1) is 14.2. The predicted octanol–water partition coefficient (Wildman–Crippen LogP) is 4.41. The zero-order chi connectivity index (χ0) is 14.4. The van der Waals surface area contributed by atoms with Crippen LogP contribution in [0.2, 0.25) is 5.02 Å². The number of para-hydroxylation sites is 1. The van der Waals surface area contributed by atoms with Crippen molar-refractivity contribution < 1.29 is 4.74 Å². The van der Waals surface area contributed by atoms with Crippen LogP contribution in [0, 0.1) is 19.3 Å². The largest absolute Gasteiger partial charge is 0.480 e. The SMILES string of the molecule is C#CCOc1ccccc1C=Nc1ccc(C)c(Cl)c1. The molecule has 20 heavy (non-hydrogen) atoms. The first-order valence-electron chi connectivity index (χ1n) is 6.16. The van der Waals surface area contributed by atoms with Gasteiger partial charge in [0.25, 0.3) is 0 Å². The molecule has 0 aliphatic rings. The van der Waals surface area contributed by atoms with Crippen LogP contribution in [0.3, 0.4) is 0 Å². The summed E-state index contributed by atoms with van der Waals surface area (Å²) in [7, 11) is 0. The van der Waals surface area contributed by atoms with Gasteiger partial charge in [0, 0.05) is 16.8 Å². The van der Waals surface area contributed by atoms with Gasteiger partial charge in [0.05, 0.1) is 5.69 Å². The number of hydrogen-bond acceptors (Lipinski definition) is 2. The van der Waals surface area contributed by atoms with E-state index in [9.17, 15) is 0 Å². The second kappa shape index (κ2) is 6.79. The predicted molar refractivity (Wildman–Crippen MR) is 84.2 cm³/mol. The Kier molecular flexibility index (Phi) is 4.81. The second-order valence-corrected chi connectivity index (χ2v) is 4.63. The van der Waals surface area contributed by atoms with Crippen LogP contribution in [0.5, 0.6) is 5.75 Å². The maximum Gasteiger partial charge on any atom is 0.148 e. The molecule has 0 aromatic heterocycles. The highest BCUT2D eigenvalue weighted by Gasteiger charge is 2.00. The quantitative estimate of drug-likeness (QED) is 0.601. The normalized spacial score (nSPS) is 10.4. The summed E-state index contributed by atoms with van der Waals surface area (Å²) in [5, 5.41) is 0.705. The molecule has 0 bridgehead atoms. The van der Waals surface area contributed by atoms with Crippen molar-refractivity contribution in [1.29, 1.82) is 0 Å². The number of aryl methyl sites for hydroxylation is 1. The van der Waals surface area contributed by atoms with Crippen LogP contribution in [-0.2, 0) is 0 Å². The third kappa shape index (κ3) is 3.63. The minimum absolute atomic E-state index is 0.237. The molecule has 0 saturated carbocycles. The fourth-order valence-electron chi connectivity index (χ4n) is 1.64. The molecule has 0 atom stereocenters. The van der Waals surface area contributed by atoms with Gasteiger partial charge in [0.15, 0.2) is 0 Å². The number of rotatable bonds is 4. The molecule has 2 rings (SSSR count). The highest BCUT2D eigenvalue weighted by Crippen LogP contribution is 2.23. The molecule has 0 amide bonds. The lowest BCUT2D eigenvalue weighted by molar-refractivity contribution is 0.370. The van der Waals surface area contributed by atoms with Crippen molar-refractivity contribution in [3.8, 4) is 18.1 Å². The van der Waals surface area contributed by atoms with E-state index >= 15 is 0 Å². The van der Waals surface area contributed by atoms with Gasteiger partial charge in [0.1, 0.15) is 12.4 Å². The first-order chi connectivity index (χ1) is 9.70. The lowest BCUT2D eigenvalue weighted by Crippen LogP contribution is -1.96. The monoisotopic (exact) mass is 283 g/mol. The number of benzene rings is 2. The minimum Gasteiger partial charge on any atom is -0.480 e. The van der Waals surface area contributed by atoms with Gasteiger partial charge < -0.3 is 4.74 Å². The Morgan fingerprint density at radius 3 is 2.85 bits per heavy atom. The standard InChI is InChI=1S/C17H14ClNO/c1-3-10-20-17-7-5-4-6-14(17)12-19-15-9-8-13(2)16(18)11-15/h1,4-9,11-12H,10H2,2H3. The lowest BCUT2D eigenvalue weighted by atomic mass is 10.2. The number of ether oxygens (including phenoxy) is 1. The van der Waals surface area contributed by atoms with Crippen LogP contribution < -0.4 is 4.74 Å². The van der Waals surface area contributed by atoms with Crippen LogP contribution >= 0.6 is 11.6 Å². The lowest BCUT2D eigenvalue weighted by Gasteiger charge is -2.05. The summed E-state index contributed by atoms with van der Waals surface area (Å²) in [6.45, 7) is 2.19. The molecule has 100 valence electrons. The minimum atomic E-state index is 0.237. The number of aliphatic imine (C=N–C) groups is 1. The highest BCUT2D eigenvalue weighted by atomic mass is 35.5. The molecule has 0 radical (unpaired) electrons. The smallest absolute Gasteiger partial charge is 0.148 e. The van der Waals surface area contributed by atoms with E-state index in [1.165, 1.54) is 0 Å². The molecular formula is C17H14ClNO. The van der Waals surface area contributed by atoms with E-state index in [0.717, 1.165) is 16.8 Å². The van der Waals surface area contributed by atoms with E-state index in [-0.39, 0.29) is 6.61 Å². The summed E-state index contributed by atoms with van der Waals surface area (Å²) in [5.74, 6) is 3.16. The highest BCUT2D eigenvalue weighted by molar-refractivity contribution is 6.31. The summed E-state index contributed by atoms with van der Waals surface area (Å²) in [6, 6.07) is 13.3. The molecule has 0 aliphatic heterocycles. The summed E-state index contributed by atoms with van der Waals surface area (Å²) in [4.78, 5) is 4.41. The summed E-state index contributed by atoms with van der Waals surface area (Å²) >= 11 is 6.07. The van der Waals surface area contributed by atoms with Gasteiger partial charge in [-0.3, -0.25) is 4.99 Å². The molecule has 0 N–H and O–H groups in total. The molecule has 0 aliphatic carbocycles. The summed E-state index contributed by atoms with van der Waals surface area (Å²) in [5.41, 5.74) is 2.70. The zero-order valence-electron chi connectivity index (χ0n) is 11.1. The first-order valence-corrected chi connectivity index (χ1v) is 6.54. The van der Waals surface area contributed by atoms with Crippen LogP contribution in [-0.4, -0.2) is 12.8 Å². The molecule has 0 saturated heterocycles. The van der Waals surface area contributed by atoms with Crippen molar-refractivity contribution >= 4 is 23.5 Å². The molecule has 2 nitrogen and oxygen atoms in total. The Morgan fingerprint density at radius 1 is 1.30 bits per heavy atom. The van der Waals surface area contributed by atoms with Crippen molar-refractivity contribution in [2.24, 2.45) is 4.99 Å². The Morgan fingerprint density at radius 2 is 2.10 bits per heavy atom. The van der Waals surface area contributed by atoms with E-state index in [4.69, 9.17) is 22.8 Å². The van der Waals surface area contributed by atoms with Crippen LogP contribution in [0.4, 0.5) is 5.69 Å². The number of hydrogen-bond donors (Lipinski definition) is 0. The maximum absolute atomic E-state index is 6.07. The van der Waals surface area contributed by atoms with Crippen molar-refractivity contribution in [2.45, 2.75) is 6.92 Å². The van der Waals surface area contributed by atoms with Crippen molar-refractivity contribution in [2.75, 3.05) is 6.61 Å². The van der Waals surface area contributed by atoms with Crippen molar-refractivity contribution in [1.82, 2.24) is 0 Å². The van der Waals surface area contributed by atoms with E-state index in [1.807, 2.05) is 49.4 Å². The second-order valence-electron chi connectivity index (χ2n) is 4.22. The molecule has 3 heteroatoms. The number of halogens is 1. The zero-order valence-corrected chi connectivity index (χ0v) is 11.9. The Hall–Kier alpha value is -2.24. The van der Waals surface area contributed by atoms with Crippen LogP contribution in [0.1, 0.15) is 11.1 Å². The molecule has 0 heterocycles. The van der Waals surface area contributed by atoms with Gasteiger partial charge in [-0.25, -0.2) is 0 Å². The van der Waals surface area contributed by atoms with Crippen LogP contribution in [0.25, 0.3) is 0 Å². The van der Waals surface area contributed by atoms with Crippen LogP contribution in [0.15, 0.2) is 47.5 Å². The molecular weight excluding hydrogens is 270 g/mol. The Bertz CT molecular complexity index is 671. The van der Waals surface area contributed by atoms with Gasteiger partial charge in [0.2, 0.25) is 0 Å². The van der Waals surface area contributed by atoms with E-state index < -0.39 is 0 Å². The van der Waals surface area contributed by atoms with Gasteiger partial charge in [-0.05, 0) is 36.8 Å². The summed E-state index contributed by atoms with van der Waals surface area (Å²) in [6.07, 6.45) is 6.94. The van der Waals surface area contributed by atoms with E-state index in [1.54, 1.807) is 6.21 Å². The third-order valence-electron chi connectivity index (χ3n) is 2.74. The van der Waals surface area contributed by atoms with Gasteiger partial charge >= 0.3 is 0 Å². The fourth-order valence-corrected chi connectivity index (χ4v) is 1.82.